The third-order valence-electron chi connectivity index (χ3n) is 2.98. The minimum absolute atomic E-state index is 0.0828. The van der Waals surface area contributed by atoms with Gasteiger partial charge in [0.25, 0.3) is 0 Å². The van der Waals surface area contributed by atoms with E-state index in [9.17, 15) is 18.0 Å². The number of H-pyrrole nitrogens is 1. The van der Waals surface area contributed by atoms with Crippen molar-refractivity contribution < 1.29 is 13.2 Å². The van der Waals surface area contributed by atoms with Gasteiger partial charge in [-0.05, 0) is 30.6 Å². The second-order valence-corrected chi connectivity index (χ2v) is 5.51. The number of aromatic amines is 1. The van der Waals surface area contributed by atoms with Crippen molar-refractivity contribution in [3.05, 3.63) is 38.6 Å². The topological polar surface area (TPSA) is 45.8 Å². The van der Waals surface area contributed by atoms with Crippen molar-refractivity contribution >= 4 is 44.3 Å². The van der Waals surface area contributed by atoms with Gasteiger partial charge in [0.05, 0.1) is 22.2 Å². The van der Waals surface area contributed by atoms with Crippen LogP contribution in [0.1, 0.15) is 11.3 Å². The van der Waals surface area contributed by atoms with Gasteiger partial charge < -0.3 is 4.98 Å². The zero-order chi connectivity index (χ0) is 14.7. The molecule has 0 aliphatic heterocycles. The Morgan fingerprint density at radius 1 is 1.35 bits per heavy atom. The first kappa shape index (κ1) is 13.4. The first-order chi connectivity index (χ1) is 9.29. The van der Waals surface area contributed by atoms with Crippen molar-refractivity contribution in [2.45, 2.75) is 13.1 Å². The maximum absolute atomic E-state index is 13.0. The van der Waals surface area contributed by atoms with Gasteiger partial charge in [-0.3, -0.25) is 4.79 Å². The molecule has 104 valence electrons. The lowest BCUT2D eigenvalue weighted by atomic mass is 10.1. The van der Waals surface area contributed by atoms with E-state index in [2.05, 4.69) is 9.36 Å². The average Bonchev–Trinajstić information content (AvgIpc) is 2.70. The number of nitrogens with zero attached hydrogens (tertiary/aromatic N) is 1. The van der Waals surface area contributed by atoms with E-state index in [0.29, 0.717) is 15.9 Å². The van der Waals surface area contributed by atoms with Crippen LogP contribution < -0.4 is 5.43 Å². The van der Waals surface area contributed by atoms with Crippen molar-refractivity contribution in [3.8, 4) is 0 Å². The van der Waals surface area contributed by atoms with Crippen molar-refractivity contribution in [2.24, 2.45) is 0 Å². The van der Waals surface area contributed by atoms with Gasteiger partial charge >= 0.3 is 6.18 Å². The summed E-state index contributed by atoms with van der Waals surface area (Å²) >= 11 is 6.66. The molecule has 20 heavy (non-hydrogen) atoms. The number of nitrogens with one attached hydrogen (secondary N) is 1. The molecule has 0 aliphatic carbocycles. The zero-order valence-corrected chi connectivity index (χ0v) is 11.5. The van der Waals surface area contributed by atoms with Gasteiger partial charge in [0.15, 0.2) is 5.43 Å². The Hall–Kier alpha value is -1.60. The summed E-state index contributed by atoms with van der Waals surface area (Å²) in [5.41, 5.74) is -1.22. The van der Waals surface area contributed by atoms with Crippen LogP contribution >= 0.6 is 23.1 Å². The highest BCUT2D eigenvalue weighted by molar-refractivity contribution is 7.13. The lowest BCUT2D eigenvalue weighted by molar-refractivity contribution is -0.136. The molecule has 3 aromatic rings. The first-order valence-corrected chi connectivity index (χ1v) is 6.63. The van der Waals surface area contributed by atoms with E-state index in [4.69, 9.17) is 11.6 Å². The molecule has 0 spiro atoms. The van der Waals surface area contributed by atoms with Crippen LogP contribution in [0.2, 0.25) is 5.02 Å². The molecular weight excluding hydrogens is 313 g/mol. The number of hydrogen-bond acceptors (Lipinski definition) is 3. The molecule has 3 nitrogen and oxygen atoms in total. The van der Waals surface area contributed by atoms with Crippen molar-refractivity contribution in [3.63, 3.8) is 0 Å². The van der Waals surface area contributed by atoms with Gasteiger partial charge in [-0.2, -0.15) is 17.5 Å². The van der Waals surface area contributed by atoms with E-state index in [1.54, 1.807) is 6.92 Å². The highest BCUT2D eigenvalue weighted by atomic mass is 35.5. The van der Waals surface area contributed by atoms with Gasteiger partial charge in [0, 0.05) is 10.4 Å². The van der Waals surface area contributed by atoms with Crippen LogP contribution in [0.3, 0.4) is 0 Å². The van der Waals surface area contributed by atoms with Crippen LogP contribution in [0.25, 0.3) is 21.1 Å². The van der Waals surface area contributed by atoms with Crippen LogP contribution in [-0.4, -0.2) is 9.36 Å². The molecule has 0 aliphatic rings. The van der Waals surface area contributed by atoms with Crippen molar-refractivity contribution in [1.82, 2.24) is 9.36 Å². The number of fused-ring (bicyclic) bond motifs is 2. The summed E-state index contributed by atoms with van der Waals surface area (Å²) in [5.74, 6) is 0. The Kier molecular flexibility index (Phi) is 2.81. The Bertz CT molecular complexity index is 897. The summed E-state index contributed by atoms with van der Waals surface area (Å²) in [7, 11) is 0. The summed E-state index contributed by atoms with van der Waals surface area (Å²) < 4.78 is 43.1. The molecule has 1 N–H and O–H groups in total. The number of aryl methyl sites for hydroxylation is 1. The summed E-state index contributed by atoms with van der Waals surface area (Å²) in [4.78, 5) is 15.3. The molecule has 0 atom stereocenters. The molecule has 0 saturated heterocycles. The second-order valence-electron chi connectivity index (χ2n) is 4.30. The number of hydrogen-bond donors (Lipinski definition) is 1. The maximum Gasteiger partial charge on any atom is 0.418 e. The molecular formula is C12H6ClF3N2OS. The fourth-order valence-corrected chi connectivity index (χ4v) is 3.13. The fraction of sp³-hybridized carbons (Fsp3) is 0.167. The summed E-state index contributed by atoms with van der Waals surface area (Å²) in [6.07, 6.45) is -4.60. The minimum Gasteiger partial charge on any atom is -0.344 e. The Morgan fingerprint density at radius 2 is 2.05 bits per heavy atom. The van der Waals surface area contributed by atoms with Crippen molar-refractivity contribution in [2.75, 3.05) is 0 Å². The summed E-state index contributed by atoms with van der Waals surface area (Å²) in [6, 6.07) is 2.04. The molecule has 2 aromatic heterocycles. The largest absolute Gasteiger partial charge is 0.418 e. The third kappa shape index (κ3) is 1.89. The number of alkyl halides is 3. The summed E-state index contributed by atoms with van der Waals surface area (Å²) in [6.45, 7) is 1.63. The quantitative estimate of drug-likeness (QED) is 0.677. The van der Waals surface area contributed by atoms with E-state index in [1.165, 1.54) is 6.07 Å². The van der Waals surface area contributed by atoms with Crippen molar-refractivity contribution in [1.29, 1.82) is 0 Å². The molecule has 3 rings (SSSR count). The molecule has 0 unspecified atom stereocenters. The monoisotopic (exact) mass is 318 g/mol. The molecule has 2 heterocycles. The average molecular weight is 319 g/mol. The van der Waals surface area contributed by atoms with Gasteiger partial charge in [-0.1, -0.05) is 11.6 Å². The standard InChI is InChI=1S/C12H6ClF3N2OS/c1-4-8-10(19)6-2-5(13)3-7(12(14,15)16)9(6)17-11(8)20-18-4/h2-3H,1H3,(H,17,19). The van der Waals surface area contributed by atoms with Crippen LogP contribution in [0.5, 0.6) is 0 Å². The van der Waals surface area contributed by atoms with Gasteiger partial charge in [-0.15, -0.1) is 0 Å². The highest BCUT2D eigenvalue weighted by Gasteiger charge is 2.34. The normalized spacial score (nSPS) is 12.4. The molecule has 1 aromatic carbocycles. The molecule has 0 fully saturated rings. The van der Waals surface area contributed by atoms with E-state index < -0.39 is 17.2 Å². The third-order valence-corrected chi connectivity index (χ3v) is 4.05. The second kappa shape index (κ2) is 4.20. The number of benzene rings is 1. The molecule has 0 amide bonds. The Morgan fingerprint density at radius 3 is 2.70 bits per heavy atom. The minimum atomic E-state index is -4.60. The molecule has 0 bridgehead atoms. The smallest absolute Gasteiger partial charge is 0.344 e. The predicted octanol–water partition coefficient (Wildman–Crippen LogP) is 4.12. The fourth-order valence-electron chi connectivity index (χ4n) is 2.11. The highest BCUT2D eigenvalue weighted by Crippen LogP contribution is 2.36. The van der Waals surface area contributed by atoms with Crippen LogP contribution in [-0.2, 0) is 6.18 Å². The SMILES string of the molecule is Cc1nsc2[nH]c3c(C(F)(F)F)cc(Cl)cc3c(=O)c12. The summed E-state index contributed by atoms with van der Waals surface area (Å²) in [5, 5.41) is 0.0917. The van der Waals surface area contributed by atoms with E-state index >= 15 is 0 Å². The maximum atomic E-state index is 13.0. The van der Waals surface area contributed by atoms with Crippen LogP contribution in [0, 0.1) is 6.92 Å². The van der Waals surface area contributed by atoms with Gasteiger partial charge in [0.1, 0.15) is 4.83 Å². The predicted molar refractivity (Wildman–Crippen MR) is 72.5 cm³/mol. The van der Waals surface area contributed by atoms with Gasteiger partial charge in [-0.25, -0.2) is 0 Å². The molecule has 8 heteroatoms. The number of pyridine rings is 1. The number of aromatic nitrogens is 2. The van der Waals surface area contributed by atoms with Gasteiger partial charge in [0.2, 0.25) is 0 Å². The van der Waals surface area contributed by atoms with E-state index in [1.807, 2.05) is 0 Å². The lowest BCUT2D eigenvalue weighted by Gasteiger charge is -2.11. The number of halogens is 4. The molecule has 0 radical (unpaired) electrons. The molecule has 0 saturated carbocycles. The Labute approximate surface area is 119 Å². The Balaban J connectivity index is 2.59. The van der Waals surface area contributed by atoms with Crippen LogP contribution in [0.15, 0.2) is 16.9 Å². The lowest BCUT2D eigenvalue weighted by Crippen LogP contribution is -2.11. The van der Waals surface area contributed by atoms with E-state index in [-0.39, 0.29) is 15.9 Å². The zero-order valence-electron chi connectivity index (χ0n) is 9.93. The van der Waals surface area contributed by atoms with E-state index in [0.717, 1.165) is 17.6 Å². The number of rotatable bonds is 0. The van der Waals surface area contributed by atoms with Crippen LogP contribution in [0.4, 0.5) is 13.2 Å². The first-order valence-electron chi connectivity index (χ1n) is 5.48.